The van der Waals surface area contributed by atoms with Crippen molar-refractivity contribution in [1.29, 1.82) is 5.26 Å². The lowest BCUT2D eigenvalue weighted by molar-refractivity contribution is -0.118. The Balaban J connectivity index is 1.42. The molecule has 2 N–H and O–H groups in total. The van der Waals surface area contributed by atoms with Crippen LogP contribution in [0.15, 0.2) is 48.5 Å². The number of para-hydroxylation sites is 1. The highest BCUT2D eigenvalue weighted by atomic mass is 32.1. The smallest absolute Gasteiger partial charge is 0.262 e. The molecule has 2 amide bonds. The van der Waals surface area contributed by atoms with E-state index in [9.17, 15) is 19.6 Å². The van der Waals surface area contributed by atoms with Crippen molar-refractivity contribution in [3.8, 4) is 11.8 Å². The number of anilines is 2. The second-order valence-electron chi connectivity index (χ2n) is 7.95. The number of ether oxygens (including phenoxy) is 1. The summed E-state index contributed by atoms with van der Waals surface area (Å²) in [5.74, 6) is -0.586. The van der Waals surface area contributed by atoms with E-state index < -0.39 is 11.8 Å². The van der Waals surface area contributed by atoms with Crippen LogP contribution in [-0.2, 0) is 17.6 Å². The van der Waals surface area contributed by atoms with Gasteiger partial charge >= 0.3 is 0 Å². The number of carbonyl (C=O) groups excluding carboxylic acids is 3. The van der Waals surface area contributed by atoms with Gasteiger partial charge in [0, 0.05) is 16.1 Å². The number of hydrogen-bond acceptors (Lipinski definition) is 6. The molecule has 2 aromatic carbocycles. The zero-order valence-corrected chi connectivity index (χ0v) is 19.5. The maximum absolute atomic E-state index is 13.0. The fourth-order valence-electron chi connectivity index (χ4n) is 3.85. The molecule has 8 heteroatoms. The number of carbonyl (C=O) groups is 3. The minimum absolute atomic E-state index is 0.0549. The SMILES string of the molecule is CC(=O)c1ccc(NC(=O)COc2ccccc2C(=O)Nc2sc3c(c2C#N)CCCC3)cc1. The summed E-state index contributed by atoms with van der Waals surface area (Å²) in [7, 11) is 0. The predicted octanol–water partition coefficient (Wildman–Crippen LogP) is 4.97. The maximum Gasteiger partial charge on any atom is 0.262 e. The molecular formula is C26H23N3O4S. The van der Waals surface area contributed by atoms with Crippen LogP contribution in [0.1, 0.15) is 56.5 Å². The van der Waals surface area contributed by atoms with Gasteiger partial charge in [0.05, 0.1) is 11.1 Å². The van der Waals surface area contributed by atoms with E-state index in [0.717, 1.165) is 36.1 Å². The van der Waals surface area contributed by atoms with Crippen LogP contribution in [0.2, 0.25) is 0 Å². The van der Waals surface area contributed by atoms with E-state index in [1.807, 2.05) is 0 Å². The van der Waals surface area contributed by atoms with Crippen molar-refractivity contribution in [2.75, 3.05) is 17.2 Å². The van der Waals surface area contributed by atoms with Gasteiger partial charge in [-0.1, -0.05) is 12.1 Å². The van der Waals surface area contributed by atoms with Crippen molar-refractivity contribution in [1.82, 2.24) is 0 Å². The average Bonchev–Trinajstić information content (AvgIpc) is 3.20. The van der Waals surface area contributed by atoms with Crippen molar-refractivity contribution < 1.29 is 19.1 Å². The molecule has 0 unspecified atom stereocenters. The van der Waals surface area contributed by atoms with E-state index in [2.05, 4.69) is 16.7 Å². The summed E-state index contributed by atoms with van der Waals surface area (Å²) in [4.78, 5) is 37.9. The molecule has 1 aromatic heterocycles. The third kappa shape index (κ3) is 5.16. The first-order valence-corrected chi connectivity index (χ1v) is 11.8. The lowest BCUT2D eigenvalue weighted by Crippen LogP contribution is -2.21. The van der Waals surface area contributed by atoms with Gasteiger partial charge < -0.3 is 15.4 Å². The Morgan fingerprint density at radius 3 is 2.50 bits per heavy atom. The number of thiophene rings is 1. The summed E-state index contributed by atoms with van der Waals surface area (Å²) >= 11 is 1.46. The first kappa shape index (κ1) is 23.2. The van der Waals surface area contributed by atoms with Crippen LogP contribution in [-0.4, -0.2) is 24.2 Å². The Kier molecular flexibility index (Phi) is 7.04. The van der Waals surface area contributed by atoms with Gasteiger partial charge in [-0.15, -0.1) is 11.3 Å². The minimum atomic E-state index is -0.400. The lowest BCUT2D eigenvalue weighted by atomic mass is 9.96. The van der Waals surface area contributed by atoms with Crippen LogP contribution in [0.5, 0.6) is 5.75 Å². The zero-order chi connectivity index (χ0) is 24.1. The highest BCUT2D eigenvalue weighted by molar-refractivity contribution is 7.16. The summed E-state index contributed by atoms with van der Waals surface area (Å²) in [6, 6.07) is 15.5. The summed E-state index contributed by atoms with van der Waals surface area (Å²) in [5, 5.41) is 15.8. The molecule has 0 saturated carbocycles. The quantitative estimate of drug-likeness (QED) is 0.471. The van der Waals surface area contributed by atoms with E-state index in [4.69, 9.17) is 4.74 Å². The van der Waals surface area contributed by atoms with Gasteiger partial charge in [-0.3, -0.25) is 14.4 Å². The number of Topliss-reactive ketones (excluding diaryl/α,β-unsaturated/α-hetero) is 1. The Bertz CT molecular complexity index is 1290. The fraction of sp³-hybridized carbons (Fsp3) is 0.231. The van der Waals surface area contributed by atoms with Crippen LogP contribution in [0, 0.1) is 11.3 Å². The molecule has 4 rings (SSSR count). The Morgan fingerprint density at radius 1 is 1.03 bits per heavy atom. The topological polar surface area (TPSA) is 108 Å². The Morgan fingerprint density at radius 2 is 1.76 bits per heavy atom. The zero-order valence-electron chi connectivity index (χ0n) is 18.6. The molecule has 7 nitrogen and oxygen atoms in total. The maximum atomic E-state index is 13.0. The monoisotopic (exact) mass is 473 g/mol. The van der Waals surface area contributed by atoms with Crippen molar-refractivity contribution in [2.45, 2.75) is 32.6 Å². The number of benzene rings is 2. The minimum Gasteiger partial charge on any atom is -0.483 e. The number of fused-ring (bicyclic) bond motifs is 1. The van der Waals surface area contributed by atoms with Crippen LogP contribution in [0.3, 0.4) is 0 Å². The molecule has 0 spiro atoms. The number of nitrogens with zero attached hydrogens (tertiary/aromatic N) is 1. The number of ketones is 1. The molecule has 0 fully saturated rings. The van der Waals surface area contributed by atoms with Crippen LogP contribution in [0.25, 0.3) is 0 Å². The number of nitriles is 1. The molecule has 0 saturated heterocycles. The van der Waals surface area contributed by atoms with E-state index >= 15 is 0 Å². The predicted molar refractivity (Wildman–Crippen MR) is 131 cm³/mol. The molecular weight excluding hydrogens is 450 g/mol. The highest BCUT2D eigenvalue weighted by Gasteiger charge is 2.23. The van der Waals surface area contributed by atoms with Crippen LogP contribution in [0.4, 0.5) is 10.7 Å². The second-order valence-corrected chi connectivity index (χ2v) is 9.05. The standard InChI is InChI=1S/C26H23N3O4S/c1-16(30)17-10-12-18(13-11-17)28-24(31)15-33-22-8-4-2-7-20(22)25(32)29-26-21(14-27)19-6-3-5-9-23(19)34-26/h2,4,7-8,10-13H,3,5-6,9,15H2,1H3,(H,28,31)(H,29,32). The van der Waals surface area contributed by atoms with Crippen LogP contribution >= 0.6 is 11.3 Å². The highest BCUT2D eigenvalue weighted by Crippen LogP contribution is 2.38. The first-order chi connectivity index (χ1) is 16.5. The second kappa shape index (κ2) is 10.3. The number of rotatable bonds is 7. The number of nitrogens with one attached hydrogen (secondary N) is 2. The summed E-state index contributed by atoms with van der Waals surface area (Å²) in [6.07, 6.45) is 3.92. The molecule has 1 aliphatic carbocycles. The van der Waals surface area contributed by atoms with Gasteiger partial charge in [-0.25, -0.2) is 0 Å². The van der Waals surface area contributed by atoms with E-state index in [1.54, 1.807) is 48.5 Å². The van der Waals surface area contributed by atoms with Gasteiger partial charge in [0.15, 0.2) is 12.4 Å². The summed E-state index contributed by atoms with van der Waals surface area (Å²) in [5.41, 5.74) is 2.96. The third-order valence-electron chi connectivity index (χ3n) is 5.58. The van der Waals surface area contributed by atoms with Gasteiger partial charge in [0.1, 0.15) is 16.8 Å². The van der Waals surface area contributed by atoms with Gasteiger partial charge in [-0.2, -0.15) is 5.26 Å². The lowest BCUT2D eigenvalue weighted by Gasteiger charge is -2.12. The number of aryl methyl sites for hydroxylation is 1. The summed E-state index contributed by atoms with van der Waals surface area (Å²) < 4.78 is 5.64. The molecule has 0 atom stereocenters. The van der Waals surface area contributed by atoms with Crippen molar-refractivity contribution >= 4 is 39.6 Å². The molecule has 0 aliphatic heterocycles. The van der Waals surface area contributed by atoms with Gasteiger partial charge in [0.25, 0.3) is 11.8 Å². The summed E-state index contributed by atoms with van der Waals surface area (Å²) in [6.45, 7) is 1.18. The molecule has 0 bridgehead atoms. The molecule has 172 valence electrons. The number of amides is 2. The van der Waals surface area contributed by atoms with Crippen LogP contribution < -0.4 is 15.4 Å². The van der Waals surface area contributed by atoms with Gasteiger partial charge in [0.2, 0.25) is 0 Å². The average molecular weight is 474 g/mol. The van der Waals surface area contributed by atoms with E-state index in [-0.39, 0.29) is 23.7 Å². The largest absolute Gasteiger partial charge is 0.483 e. The molecule has 3 aromatic rings. The molecule has 34 heavy (non-hydrogen) atoms. The molecule has 1 heterocycles. The molecule has 1 aliphatic rings. The van der Waals surface area contributed by atoms with Gasteiger partial charge in [-0.05, 0) is 74.6 Å². The van der Waals surface area contributed by atoms with Crippen molar-refractivity contribution in [3.05, 3.63) is 75.7 Å². The Labute approximate surface area is 201 Å². The van der Waals surface area contributed by atoms with Crippen molar-refractivity contribution in [2.24, 2.45) is 0 Å². The first-order valence-electron chi connectivity index (χ1n) is 10.9. The number of hydrogen-bond donors (Lipinski definition) is 2. The van der Waals surface area contributed by atoms with Crippen molar-refractivity contribution in [3.63, 3.8) is 0 Å². The normalized spacial score (nSPS) is 12.2. The fourth-order valence-corrected chi connectivity index (χ4v) is 5.09. The third-order valence-corrected chi connectivity index (χ3v) is 6.78. The Hall–Kier alpha value is -3.96. The van der Waals surface area contributed by atoms with E-state index in [1.165, 1.54) is 18.3 Å². The van der Waals surface area contributed by atoms with E-state index in [0.29, 0.717) is 21.8 Å². The molecule has 0 radical (unpaired) electrons.